The average molecular weight is 416 g/mol. The van der Waals surface area contributed by atoms with E-state index in [1.165, 1.54) is 56.0 Å². The Morgan fingerprint density at radius 3 is 1.91 bits per heavy atom. The summed E-state index contributed by atoms with van der Waals surface area (Å²) < 4.78 is 0. The maximum atomic E-state index is 2.52. The predicted molar refractivity (Wildman–Crippen MR) is 136 cm³/mol. The zero-order valence-corrected chi connectivity index (χ0v) is 19.5. The van der Waals surface area contributed by atoms with E-state index >= 15 is 0 Å². The summed E-state index contributed by atoms with van der Waals surface area (Å²) in [6.45, 7) is 11.7. The van der Waals surface area contributed by atoms with E-state index < -0.39 is 0 Å². The Kier molecular flexibility index (Phi) is 3.85. The van der Waals surface area contributed by atoms with Crippen LogP contribution in [0.2, 0.25) is 0 Å². The second-order valence-corrected chi connectivity index (χ2v) is 10.4. The average Bonchev–Trinajstić information content (AvgIpc) is 2.79. The summed E-state index contributed by atoms with van der Waals surface area (Å²) in [6.07, 6.45) is 0. The van der Waals surface area contributed by atoms with Crippen LogP contribution in [0.3, 0.4) is 0 Å². The van der Waals surface area contributed by atoms with Crippen LogP contribution in [0.15, 0.2) is 84.9 Å². The Bertz CT molecular complexity index is 1390. The van der Waals surface area contributed by atoms with Crippen LogP contribution in [0.25, 0.3) is 11.1 Å². The van der Waals surface area contributed by atoms with Gasteiger partial charge in [0.2, 0.25) is 0 Å². The van der Waals surface area contributed by atoms with Gasteiger partial charge in [-0.15, -0.1) is 0 Å². The third kappa shape index (κ3) is 2.40. The van der Waals surface area contributed by atoms with Crippen molar-refractivity contribution in [2.45, 2.75) is 45.4 Å². The normalized spacial score (nSPS) is 16.7. The molecule has 2 aliphatic rings. The summed E-state index contributed by atoms with van der Waals surface area (Å²) in [6, 6.07) is 31.6. The molecule has 0 fully saturated rings. The summed E-state index contributed by atoms with van der Waals surface area (Å²) in [4.78, 5) is 2.52. The zero-order valence-electron chi connectivity index (χ0n) is 19.5. The van der Waals surface area contributed by atoms with Crippen molar-refractivity contribution in [3.8, 4) is 11.1 Å². The quantitative estimate of drug-likeness (QED) is 0.301. The van der Waals surface area contributed by atoms with Crippen LogP contribution in [-0.2, 0) is 10.8 Å². The molecule has 158 valence electrons. The van der Waals surface area contributed by atoms with Crippen molar-refractivity contribution in [1.82, 2.24) is 0 Å². The lowest BCUT2D eigenvalue weighted by molar-refractivity contribution is 0.597. The third-order valence-corrected chi connectivity index (χ3v) is 7.79. The third-order valence-electron chi connectivity index (χ3n) is 7.79. The van der Waals surface area contributed by atoms with E-state index in [9.17, 15) is 0 Å². The minimum Gasteiger partial charge on any atom is -0.309 e. The number of para-hydroxylation sites is 2. The monoisotopic (exact) mass is 415 g/mol. The highest BCUT2D eigenvalue weighted by atomic mass is 15.2. The number of nitrogens with zero attached hydrogens (tertiary/aromatic N) is 1. The predicted octanol–water partition coefficient (Wildman–Crippen LogP) is 8.41. The van der Waals surface area contributed by atoms with Gasteiger partial charge in [-0.2, -0.15) is 0 Å². The first-order valence-corrected chi connectivity index (χ1v) is 11.6. The Morgan fingerprint density at radius 2 is 1.16 bits per heavy atom. The molecular formula is C31H29N. The summed E-state index contributed by atoms with van der Waals surface area (Å²) in [5.41, 5.74) is 13.4. The van der Waals surface area contributed by atoms with Crippen molar-refractivity contribution in [2.24, 2.45) is 0 Å². The Balaban J connectivity index is 1.68. The minimum absolute atomic E-state index is 0.0346. The Labute approximate surface area is 191 Å². The number of hydrogen-bond acceptors (Lipinski definition) is 1. The number of fused-ring (bicyclic) bond motifs is 4. The molecule has 1 heteroatoms. The highest BCUT2D eigenvalue weighted by Crippen LogP contribution is 2.60. The van der Waals surface area contributed by atoms with E-state index in [0.29, 0.717) is 0 Å². The topological polar surface area (TPSA) is 3.24 Å². The molecule has 0 saturated heterocycles. The van der Waals surface area contributed by atoms with Crippen LogP contribution in [0.5, 0.6) is 0 Å². The summed E-state index contributed by atoms with van der Waals surface area (Å²) in [7, 11) is 0. The molecule has 0 saturated carbocycles. The Morgan fingerprint density at radius 1 is 0.562 bits per heavy atom. The Hall–Kier alpha value is -3.32. The van der Waals surface area contributed by atoms with Gasteiger partial charge >= 0.3 is 0 Å². The van der Waals surface area contributed by atoms with E-state index in [-0.39, 0.29) is 10.8 Å². The van der Waals surface area contributed by atoms with Crippen molar-refractivity contribution in [3.05, 3.63) is 113 Å². The van der Waals surface area contributed by atoms with Gasteiger partial charge in [0.15, 0.2) is 0 Å². The molecule has 0 bridgehead atoms. The van der Waals surface area contributed by atoms with Gasteiger partial charge in [-0.1, -0.05) is 94.4 Å². The van der Waals surface area contributed by atoms with Gasteiger partial charge in [0.25, 0.3) is 0 Å². The molecule has 0 amide bonds. The molecule has 4 aromatic rings. The fourth-order valence-electron chi connectivity index (χ4n) is 5.95. The fraction of sp³-hybridized carbons (Fsp3) is 0.226. The van der Waals surface area contributed by atoms with Gasteiger partial charge in [0.1, 0.15) is 0 Å². The lowest BCUT2D eigenvalue weighted by Crippen LogP contribution is -2.38. The second kappa shape index (κ2) is 6.36. The van der Waals surface area contributed by atoms with E-state index in [4.69, 9.17) is 0 Å². The maximum absolute atomic E-state index is 2.52. The summed E-state index contributed by atoms with van der Waals surface area (Å²) in [5, 5.41) is 0. The fourth-order valence-corrected chi connectivity index (χ4v) is 5.95. The number of hydrogen-bond donors (Lipinski definition) is 0. The lowest BCUT2D eigenvalue weighted by Gasteiger charge is -2.49. The van der Waals surface area contributed by atoms with Gasteiger partial charge in [-0.3, -0.25) is 0 Å². The molecule has 6 rings (SSSR count). The molecule has 2 aliphatic heterocycles. The first kappa shape index (κ1) is 19.4. The van der Waals surface area contributed by atoms with Crippen LogP contribution < -0.4 is 4.90 Å². The van der Waals surface area contributed by atoms with Crippen LogP contribution >= 0.6 is 0 Å². The van der Waals surface area contributed by atoms with Gasteiger partial charge in [-0.05, 0) is 64.1 Å². The molecular weight excluding hydrogens is 386 g/mol. The number of rotatable bonds is 1. The SMILES string of the molecule is Cc1ccccc1-c1ccc2c(c1)C(C)(C)c1cccc3c1N2c1ccccc1C3(C)C. The van der Waals surface area contributed by atoms with E-state index in [2.05, 4.69) is 124 Å². The van der Waals surface area contributed by atoms with E-state index in [1.54, 1.807) is 0 Å². The van der Waals surface area contributed by atoms with Crippen LogP contribution in [0, 0.1) is 6.92 Å². The molecule has 0 aromatic heterocycles. The summed E-state index contributed by atoms with van der Waals surface area (Å²) >= 11 is 0. The van der Waals surface area contributed by atoms with Crippen LogP contribution in [0.1, 0.15) is 55.5 Å². The second-order valence-electron chi connectivity index (χ2n) is 10.4. The first-order valence-electron chi connectivity index (χ1n) is 11.6. The van der Waals surface area contributed by atoms with Gasteiger partial charge in [0, 0.05) is 10.8 Å². The minimum atomic E-state index is -0.0851. The smallest absolute Gasteiger partial charge is 0.0543 e. The van der Waals surface area contributed by atoms with Crippen molar-refractivity contribution < 1.29 is 0 Å². The first-order chi connectivity index (χ1) is 15.3. The van der Waals surface area contributed by atoms with E-state index in [0.717, 1.165) is 0 Å². The van der Waals surface area contributed by atoms with E-state index in [1.807, 2.05) is 0 Å². The molecule has 0 unspecified atom stereocenters. The molecule has 0 spiro atoms. The van der Waals surface area contributed by atoms with Crippen molar-refractivity contribution >= 4 is 17.1 Å². The highest BCUT2D eigenvalue weighted by Gasteiger charge is 2.45. The standard InChI is InChI=1S/C31H29N/c1-20-11-6-7-12-22(20)21-17-18-28-26(19-21)31(4,5)25-15-10-14-24-29(25)32(28)27-16-9-8-13-23(27)30(24,2)3/h6-19H,1-5H3. The number of anilines is 3. The van der Waals surface area contributed by atoms with Gasteiger partial charge < -0.3 is 4.90 Å². The molecule has 0 aliphatic carbocycles. The number of benzene rings is 4. The van der Waals surface area contributed by atoms with Crippen LogP contribution in [0.4, 0.5) is 17.1 Å². The van der Waals surface area contributed by atoms with Crippen LogP contribution in [-0.4, -0.2) is 0 Å². The van der Waals surface area contributed by atoms with Crippen molar-refractivity contribution in [3.63, 3.8) is 0 Å². The lowest BCUT2D eigenvalue weighted by atomic mass is 9.66. The highest BCUT2D eigenvalue weighted by molar-refractivity contribution is 5.93. The molecule has 0 atom stereocenters. The maximum Gasteiger partial charge on any atom is 0.0543 e. The molecule has 1 nitrogen and oxygen atoms in total. The molecule has 0 N–H and O–H groups in total. The molecule has 2 heterocycles. The van der Waals surface area contributed by atoms with Crippen molar-refractivity contribution in [1.29, 1.82) is 0 Å². The van der Waals surface area contributed by atoms with Gasteiger partial charge in [-0.25, -0.2) is 0 Å². The summed E-state index contributed by atoms with van der Waals surface area (Å²) in [5.74, 6) is 0. The van der Waals surface area contributed by atoms with Gasteiger partial charge in [0.05, 0.1) is 17.1 Å². The molecule has 32 heavy (non-hydrogen) atoms. The molecule has 0 radical (unpaired) electrons. The molecule has 4 aromatic carbocycles. The zero-order chi connectivity index (χ0) is 22.3. The number of aryl methyl sites for hydroxylation is 1. The largest absolute Gasteiger partial charge is 0.309 e. The van der Waals surface area contributed by atoms with Crippen molar-refractivity contribution in [2.75, 3.05) is 4.90 Å².